The quantitative estimate of drug-likeness (QED) is 0.524. The van der Waals surface area contributed by atoms with Crippen LogP contribution < -0.4 is 10.6 Å². The minimum absolute atomic E-state index is 0.00357. The van der Waals surface area contributed by atoms with E-state index < -0.39 is 17.0 Å². The van der Waals surface area contributed by atoms with Crippen molar-refractivity contribution < 1.29 is 23.6 Å². The number of benzene rings is 2. The first kappa shape index (κ1) is 24.5. The lowest BCUT2D eigenvalue weighted by Crippen LogP contribution is -2.37. The largest absolute Gasteiger partial charge is 0.354 e. The first-order chi connectivity index (χ1) is 15.8. The van der Waals surface area contributed by atoms with E-state index in [4.69, 9.17) is 0 Å². The van der Waals surface area contributed by atoms with Crippen molar-refractivity contribution in [2.45, 2.75) is 6.92 Å². The molecular formula is C23H22FN3O4S2. The van der Waals surface area contributed by atoms with E-state index in [1.165, 1.54) is 24.3 Å². The monoisotopic (exact) mass is 487 g/mol. The number of hydrogen-bond donors (Lipinski definition) is 2. The van der Waals surface area contributed by atoms with Crippen LogP contribution >= 0.6 is 23.5 Å². The van der Waals surface area contributed by atoms with E-state index in [0.29, 0.717) is 5.69 Å². The molecule has 0 unspecified atom stereocenters. The predicted molar refractivity (Wildman–Crippen MR) is 129 cm³/mol. The standard InChI is InChI=1S/C23H22FN3O4S2/c1-15-6-8-17(9-7-15)26-21(29)14-32-13-20(28)25-10-11-27-22(30)19(33-23(27)31)12-16-4-2-3-5-18(16)24/h2-9,12H,10-11,13-14H2,1H3,(H,25,28)(H,26,29)/b19-12-. The Bertz CT molecular complexity index is 1090. The molecule has 1 heterocycles. The number of hydrogen-bond acceptors (Lipinski definition) is 6. The SMILES string of the molecule is Cc1ccc(NC(=O)CSCC(=O)NCCN2C(=O)S/C(=C\c3ccccc3F)C2=O)cc1. The van der Waals surface area contributed by atoms with Crippen LogP contribution in [-0.4, -0.2) is 52.5 Å². The van der Waals surface area contributed by atoms with Gasteiger partial charge in [-0.25, -0.2) is 4.39 Å². The Hall–Kier alpha value is -3.11. The van der Waals surface area contributed by atoms with E-state index >= 15 is 0 Å². The summed E-state index contributed by atoms with van der Waals surface area (Å²) in [6, 6.07) is 13.4. The second kappa shape index (κ2) is 11.7. The van der Waals surface area contributed by atoms with E-state index in [1.54, 1.807) is 18.2 Å². The van der Waals surface area contributed by atoms with Gasteiger partial charge in [-0.2, -0.15) is 0 Å². The van der Waals surface area contributed by atoms with Gasteiger partial charge in [-0.3, -0.25) is 24.1 Å². The van der Waals surface area contributed by atoms with Crippen LogP contribution in [0.3, 0.4) is 0 Å². The number of halogens is 1. The number of carbonyl (C=O) groups excluding carboxylic acids is 4. The highest BCUT2D eigenvalue weighted by atomic mass is 32.2. The third-order valence-corrected chi connectivity index (χ3v) is 6.36. The van der Waals surface area contributed by atoms with Crippen molar-refractivity contribution in [1.82, 2.24) is 10.2 Å². The van der Waals surface area contributed by atoms with Crippen LogP contribution in [0.4, 0.5) is 14.9 Å². The van der Waals surface area contributed by atoms with Crippen molar-refractivity contribution in [1.29, 1.82) is 0 Å². The van der Waals surface area contributed by atoms with Gasteiger partial charge in [0.2, 0.25) is 11.8 Å². The van der Waals surface area contributed by atoms with E-state index in [0.717, 1.165) is 34.0 Å². The molecule has 33 heavy (non-hydrogen) atoms. The summed E-state index contributed by atoms with van der Waals surface area (Å²) in [5.74, 6) is -1.35. The molecule has 0 radical (unpaired) electrons. The minimum atomic E-state index is -0.523. The lowest BCUT2D eigenvalue weighted by Gasteiger charge is -2.13. The molecular weight excluding hydrogens is 465 g/mol. The molecule has 2 aromatic carbocycles. The Balaban J connectivity index is 1.38. The summed E-state index contributed by atoms with van der Waals surface area (Å²) in [6.07, 6.45) is 1.34. The number of anilines is 1. The van der Waals surface area contributed by atoms with Crippen molar-refractivity contribution in [3.8, 4) is 0 Å². The average Bonchev–Trinajstić information content (AvgIpc) is 3.04. The molecule has 1 fully saturated rings. The number of imide groups is 1. The molecule has 1 saturated heterocycles. The Labute approximate surface area is 199 Å². The average molecular weight is 488 g/mol. The number of carbonyl (C=O) groups is 4. The number of nitrogens with one attached hydrogen (secondary N) is 2. The van der Waals surface area contributed by atoms with Gasteiger partial charge >= 0.3 is 0 Å². The second-order valence-corrected chi connectivity index (χ2v) is 9.09. The normalized spacial score (nSPS) is 14.6. The van der Waals surface area contributed by atoms with Crippen LogP contribution in [0.25, 0.3) is 6.08 Å². The van der Waals surface area contributed by atoms with Crippen molar-refractivity contribution in [3.05, 3.63) is 70.4 Å². The van der Waals surface area contributed by atoms with Gasteiger partial charge in [0.25, 0.3) is 11.1 Å². The zero-order valence-corrected chi connectivity index (χ0v) is 19.4. The van der Waals surface area contributed by atoms with Gasteiger partial charge in [0, 0.05) is 24.3 Å². The molecule has 1 aliphatic heterocycles. The molecule has 7 nitrogen and oxygen atoms in total. The minimum Gasteiger partial charge on any atom is -0.354 e. The number of thioether (sulfide) groups is 2. The van der Waals surface area contributed by atoms with Crippen molar-refractivity contribution >= 4 is 58.2 Å². The van der Waals surface area contributed by atoms with Gasteiger partial charge in [-0.15, -0.1) is 11.8 Å². The van der Waals surface area contributed by atoms with Crippen molar-refractivity contribution in [2.75, 3.05) is 29.9 Å². The molecule has 2 N–H and O–H groups in total. The molecule has 0 bridgehead atoms. The summed E-state index contributed by atoms with van der Waals surface area (Å²) < 4.78 is 13.8. The first-order valence-electron chi connectivity index (χ1n) is 10.0. The molecule has 2 aromatic rings. The van der Waals surface area contributed by atoms with Gasteiger partial charge < -0.3 is 10.6 Å². The van der Waals surface area contributed by atoms with E-state index in [2.05, 4.69) is 10.6 Å². The van der Waals surface area contributed by atoms with E-state index in [9.17, 15) is 23.6 Å². The van der Waals surface area contributed by atoms with Gasteiger partial charge in [-0.1, -0.05) is 35.9 Å². The first-order valence-corrected chi connectivity index (χ1v) is 12.0. The van der Waals surface area contributed by atoms with Crippen LogP contribution in [0, 0.1) is 12.7 Å². The second-order valence-electron chi connectivity index (χ2n) is 7.11. The number of nitrogens with zero attached hydrogens (tertiary/aromatic N) is 1. The highest BCUT2D eigenvalue weighted by molar-refractivity contribution is 8.18. The van der Waals surface area contributed by atoms with Crippen LogP contribution in [-0.2, 0) is 14.4 Å². The molecule has 0 aromatic heterocycles. The number of amides is 4. The molecule has 1 aliphatic rings. The summed E-state index contributed by atoms with van der Waals surface area (Å²) in [5, 5.41) is 4.91. The Morgan fingerprint density at radius 2 is 1.76 bits per heavy atom. The third-order valence-electron chi connectivity index (χ3n) is 4.52. The van der Waals surface area contributed by atoms with E-state index in [1.807, 2.05) is 19.1 Å². The smallest absolute Gasteiger partial charge is 0.293 e. The van der Waals surface area contributed by atoms with Gasteiger partial charge in [0.05, 0.1) is 16.4 Å². The summed E-state index contributed by atoms with van der Waals surface area (Å²) >= 11 is 1.89. The van der Waals surface area contributed by atoms with Crippen molar-refractivity contribution in [3.63, 3.8) is 0 Å². The maximum absolute atomic E-state index is 13.8. The highest BCUT2D eigenvalue weighted by Crippen LogP contribution is 2.32. The topological polar surface area (TPSA) is 95.6 Å². The molecule has 10 heteroatoms. The number of rotatable bonds is 9. The molecule has 0 atom stereocenters. The summed E-state index contributed by atoms with van der Waals surface area (Å²) in [5.41, 5.74) is 2.00. The van der Waals surface area contributed by atoms with Crippen molar-refractivity contribution in [2.24, 2.45) is 0 Å². The lowest BCUT2D eigenvalue weighted by molar-refractivity contribution is -0.123. The summed E-state index contributed by atoms with van der Waals surface area (Å²) in [4.78, 5) is 49.7. The molecule has 4 amide bonds. The Kier molecular flexibility index (Phi) is 8.67. The zero-order valence-electron chi connectivity index (χ0n) is 17.8. The Morgan fingerprint density at radius 1 is 1.06 bits per heavy atom. The number of aryl methyl sites for hydroxylation is 1. The molecule has 0 aliphatic carbocycles. The predicted octanol–water partition coefficient (Wildman–Crippen LogP) is 3.66. The summed E-state index contributed by atoms with van der Waals surface area (Å²) in [7, 11) is 0. The fourth-order valence-electron chi connectivity index (χ4n) is 2.85. The maximum Gasteiger partial charge on any atom is 0.293 e. The molecule has 3 rings (SSSR count). The molecule has 172 valence electrons. The zero-order chi connectivity index (χ0) is 23.8. The van der Waals surface area contributed by atoms with Crippen LogP contribution in [0.2, 0.25) is 0 Å². The lowest BCUT2D eigenvalue weighted by atomic mass is 10.2. The molecule has 0 spiro atoms. The van der Waals surface area contributed by atoms with E-state index in [-0.39, 0.29) is 46.9 Å². The third kappa shape index (κ3) is 7.19. The van der Waals surface area contributed by atoms with Gasteiger partial charge in [-0.05, 0) is 43.0 Å². The summed E-state index contributed by atoms with van der Waals surface area (Å²) in [6.45, 7) is 2.04. The Morgan fingerprint density at radius 3 is 2.48 bits per heavy atom. The van der Waals surface area contributed by atoms with Gasteiger partial charge in [0.1, 0.15) is 5.82 Å². The van der Waals surface area contributed by atoms with Gasteiger partial charge in [0.15, 0.2) is 0 Å². The van der Waals surface area contributed by atoms with Crippen LogP contribution in [0.15, 0.2) is 53.4 Å². The maximum atomic E-state index is 13.8. The van der Waals surface area contributed by atoms with Crippen LogP contribution in [0.5, 0.6) is 0 Å². The van der Waals surface area contributed by atoms with Crippen LogP contribution in [0.1, 0.15) is 11.1 Å². The molecule has 0 saturated carbocycles. The highest BCUT2D eigenvalue weighted by Gasteiger charge is 2.34. The fraction of sp³-hybridized carbons (Fsp3) is 0.217. The fourth-order valence-corrected chi connectivity index (χ4v) is 4.36.